The normalized spacial score (nSPS) is 11.5. The molecular weight excluding hydrogens is 608 g/mol. The minimum absolute atomic E-state index is 0.00818. The first-order valence-corrected chi connectivity index (χ1v) is 15.9. The number of aliphatic hydroxyl groups is 1. The lowest BCUT2D eigenvalue weighted by Crippen LogP contribution is -2.41. The van der Waals surface area contributed by atoms with E-state index in [0.717, 1.165) is 0 Å². The molecule has 0 saturated carbocycles. The quantitative estimate of drug-likeness (QED) is 0.0409. The molecule has 0 aromatic carbocycles. The van der Waals surface area contributed by atoms with E-state index in [9.17, 15) is 43.5 Å². The second kappa shape index (κ2) is 25.6. The number of hydrogen-bond acceptors (Lipinski definition) is 15. The Kier molecular flexibility index (Phi) is 23.6. The van der Waals surface area contributed by atoms with Crippen molar-refractivity contribution in [2.45, 2.75) is 91.7 Å². The zero-order valence-electron chi connectivity index (χ0n) is 27.5. The molecule has 0 fully saturated rings. The van der Waals surface area contributed by atoms with Crippen LogP contribution in [0.25, 0.3) is 0 Å². The fourth-order valence-corrected chi connectivity index (χ4v) is 3.90. The summed E-state index contributed by atoms with van der Waals surface area (Å²) in [7, 11) is 0. The Morgan fingerprint density at radius 1 is 0.478 bits per heavy atom. The van der Waals surface area contributed by atoms with E-state index in [0.29, 0.717) is 45.3 Å². The van der Waals surface area contributed by atoms with Crippen LogP contribution in [0.5, 0.6) is 0 Å². The van der Waals surface area contributed by atoms with E-state index in [1.165, 1.54) is 0 Å². The number of carbonyl (C=O) groups is 8. The van der Waals surface area contributed by atoms with Crippen LogP contribution in [0.2, 0.25) is 0 Å². The minimum Gasteiger partial charge on any atom is -0.460 e. The Labute approximate surface area is 270 Å². The van der Waals surface area contributed by atoms with Gasteiger partial charge in [0, 0.05) is 58.4 Å². The molecule has 0 aromatic rings. The van der Waals surface area contributed by atoms with Crippen LogP contribution >= 0.6 is 0 Å². The first-order chi connectivity index (χ1) is 21.9. The summed E-state index contributed by atoms with van der Waals surface area (Å²) in [4.78, 5) is 96.2. The van der Waals surface area contributed by atoms with Gasteiger partial charge in [0.15, 0.2) is 0 Å². The first kappa shape index (κ1) is 42.4. The van der Waals surface area contributed by atoms with Crippen LogP contribution < -0.4 is 0 Å². The summed E-state index contributed by atoms with van der Waals surface area (Å²) < 4.78 is 20.0. The lowest BCUT2D eigenvalue weighted by molar-refractivity contribution is -0.154. The van der Waals surface area contributed by atoms with Crippen molar-refractivity contribution in [1.29, 1.82) is 0 Å². The molecule has 15 heteroatoms. The van der Waals surface area contributed by atoms with E-state index in [1.54, 1.807) is 32.6 Å². The Morgan fingerprint density at radius 3 is 1.04 bits per heavy atom. The van der Waals surface area contributed by atoms with Gasteiger partial charge in [0.25, 0.3) is 0 Å². The number of rotatable bonds is 28. The van der Waals surface area contributed by atoms with Gasteiger partial charge >= 0.3 is 23.9 Å². The van der Waals surface area contributed by atoms with Crippen molar-refractivity contribution in [3.63, 3.8) is 0 Å². The number of carbonyl (C=O) groups excluding carboxylic acids is 8. The number of ketones is 4. The van der Waals surface area contributed by atoms with Gasteiger partial charge in [-0.25, -0.2) is 19.2 Å². The van der Waals surface area contributed by atoms with Gasteiger partial charge in [-0.1, -0.05) is 27.7 Å². The predicted molar refractivity (Wildman–Crippen MR) is 162 cm³/mol. The lowest BCUT2D eigenvalue weighted by atomic mass is 10.2. The first-order valence-electron chi connectivity index (χ1n) is 15.9. The van der Waals surface area contributed by atoms with Crippen molar-refractivity contribution in [1.82, 2.24) is 9.80 Å². The molecule has 1 atom stereocenters. The second-order valence-electron chi connectivity index (χ2n) is 10.2. The highest BCUT2D eigenvalue weighted by Crippen LogP contribution is 2.08. The predicted octanol–water partition coefficient (Wildman–Crippen LogP) is 0.949. The van der Waals surface area contributed by atoms with Crippen molar-refractivity contribution in [2.24, 2.45) is 0 Å². The number of ether oxygens (including phenoxy) is 4. The third kappa shape index (κ3) is 19.1. The molecule has 15 nitrogen and oxygen atoms in total. The molecule has 0 aromatic heterocycles. The van der Waals surface area contributed by atoms with Gasteiger partial charge in [-0.2, -0.15) is 0 Å². The van der Waals surface area contributed by atoms with Crippen molar-refractivity contribution in [3.05, 3.63) is 0 Å². The van der Waals surface area contributed by atoms with Crippen LogP contribution in [0, 0.1) is 0 Å². The molecule has 0 amide bonds. The smallest absolute Gasteiger partial charge is 0.374 e. The number of hydrogen-bond donors (Lipinski definition) is 1. The van der Waals surface area contributed by atoms with Gasteiger partial charge in [-0.15, -0.1) is 0 Å². The minimum atomic E-state index is -0.983. The number of Topliss-reactive ketones (excluding diaryl/α,β-unsaturated/α-hetero) is 4. The maximum Gasteiger partial charge on any atom is 0.374 e. The maximum absolute atomic E-state index is 11.7. The summed E-state index contributed by atoms with van der Waals surface area (Å²) in [6, 6.07) is 0. The molecule has 0 aliphatic carbocycles. The maximum atomic E-state index is 11.7. The summed E-state index contributed by atoms with van der Waals surface area (Å²) in [6.45, 7) is 7.90. The van der Waals surface area contributed by atoms with E-state index in [4.69, 9.17) is 18.9 Å². The van der Waals surface area contributed by atoms with Crippen molar-refractivity contribution in [3.8, 4) is 0 Å². The van der Waals surface area contributed by atoms with Crippen molar-refractivity contribution < 1.29 is 62.4 Å². The van der Waals surface area contributed by atoms with E-state index >= 15 is 0 Å². The zero-order valence-corrected chi connectivity index (χ0v) is 27.5. The Morgan fingerprint density at radius 2 is 0.761 bits per heavy atom. The van der Waals surface area contributed by atoms with Crippen LogP contribution in [-0.4, -0.2) is 127 Å². The molecule has 0 radical (unpaired) electrons. The highest BCUT2D eigenvalue weighted by atomic mass is 16.5. The highest BCUT2D eigenvalue weighted by molar-refractivity contribution is 6.34. The molecule has 0 rings (SSSR count). The highest BCUT2D eigenvalue weighted by Gasteiger charge is 2.20. The number of aliphatic hydroxyl groups excluding tert-OH is 1. The summed E-state index contributed by atoms with van der Waals surface area (Å²) in [5.41, 5.74) is 0. The third-order valence-corrected chi connectivity index (χ3v) is 6.67. The molecule has 1 unspecified atom stereocenters. The topological polar surface area (TPSA) is 200 Å². The molecular formula is C31H50N2O13. The largest absolute Gasteiger partial charge is 0.460 e. The van der Waals surface area contributed by atoms with Gasteiger partial charge in [0.1, 0.15) is 6.23 Å². The average Bonchev–Trinajstić information content (AvgIpc) is 3.07. The van der Waals surface area contributed by atoms with Crippen LogP contribution in [0.1, 0.15) is 85.5 Å². The Hall–Kier alpha value is -3.56. The van der Waals surface area contributed by atoms with E-state index in [-0.39, 0.29) is 71.6 Å². The monoisotopic (exact) mass is 658 g/mol. The van der Waals surface area contributed by atoms with Gasteiger partial charge in [-0.3, -0.25) is 24.1 Å². The molecule has 0 aliphatic rings. The zero-order chi connectivity index (χ0) is 34.9. The van der Waals surface area contributed by atoms with Crippen molar-refractivity contribution >= 4 is 47.0 Å². The van der Waals surface area contributed by atoms with Crippen LogP contribution in [-0.2, 0) is 57.3 Å². The fraction of sp³-hybridized carbons (Fsp3) is 0.742. The average molecular weight is 659 g/mol. The van der Waals surface area contributed by atoms with E-state index in [2.05, 4.69) is 0 Å². The fourth-order valence-electron chi connectivity index (χ4n) is 3.90. The summed E-state index contributed by atoms with van der Waals surface area (Å²) in [6.07, 6.45) is 0.779. The molecule has 0 bridgehead atoms. The van der Waals surface area contributed by atoms with E-state index in [1.807, 2.05) is 4.90 Å². The molecule has 262 valence electrons. The second-order valence-corrected chi connectivity index (χ2v) is 10.2. The number of nitrogens with zero attached hydrogens (tertiary/aromatic N) is 2. The van der Waals surface area contributed by atoms with Crippen molar-refractivity contribution in [2.75, 3.05) is 59.2 Å². The van der Waals surface area contributed by atoms with Crippen LogP contribution in [0.4, 0.5) is 0 Å². The summed E-state index contributed by atoms with van der Waals surface area (Å²) in [5.74, 6) is -6.18. The van der Waals surface area contributed by atoms with Crippen LogP contribution in [0.15, 0.2) is 0 Å². The molecule has 0 heterocycles. The van der Waals surface area contributed by atoms with Crippen LogP contribution in [0.3, 0.4) is 0 Å². The van der Waals surface area contributed by atoms with E-state index < -0.39 is 53.2 Å². The Bertz CT molecular complexity index is 942. The molecule has 1 N–H and O–H groups in total. The molecule has 0 saturated heterocycles. The summed E-state index contributed by atoms with van der Waals surface area (Å²) >= 11 is 0. The standard InChI is InChI=1S/C31H50N2O13/c1-5-23(34)28(39)43-19-9-14-32(15-10-20-44-29(40)24(35)6-2)18-13-27(38)33(16-11-21-45-30(41)25(36)7-3)17-12-22-46-31(42)26(37)8-4/h27,38H,5-22H2,1-4H3. The summed E-state index contributed by atoms with van der Waals surface area (Å²) in [5, 5.41) is 11.1. The lowest BCUT2D eigenvalue weighted by Gasteiger charge is -2.30. The third-order valence-electron chi connectivity index (χ3n) is 6.67. The number of esters is 4. The van der Waals surface area contributed by atoms with Gasteiger partial charge in [0.05, 0.1) is 26.4 Å². The molecule has 0 spiro atoms. The Balaban J connectivity index is 5.23. The molecule has 46 heavy (non-hydrogen) atoms. The van der Waals surface area contributed by atoms with Gasteiger partial charge < -0.3 is 29.0 Å². The van der Waals surface area contributed by atoms with Gasteiger partial charge in [-0.05, 0) is 32.1 Å². The van der Waals surface area contributed by atoms with Gasteiger partial charge in [0.2, 0.25) is 23.1 Å². The SMILES string of the molecule is CCC(=O)C(=O)OCCCN(CCCOC(=O)C(=O)CC)CCC(O)N(CCCOC(=O)C(=O)CC)CCCOC(=O)C(=O)CC. The molecule has 0 aliphatic heterocycles.